The number of sulfonamides is 1. The van der Waals surface area contributed by atoms with Gasteiger partial charge in [-0.05, 0) is 60.7 Å². The standard InChI is InChI=1S/C21H15Cl2F3N2O4S/c22-14-9-15(23)11-17(10-14)28-33(30,31)19-6-4-18(5-7-19)32-12-20(29)27-16-3-1-2-13(8-16)21(24,25)26/h1-11,28H,12H2,(H,27,29). The van der Waals surface area contributed by atoms with Gasteiger partial charge in [-0.3, -0.25) is 9.52 Å². The lowest BCUT2D eigenvalue weighted by Gasteiger charge is -2.11. The molecule has 0 atom stereocenters. The van der Waals surface area contributed by atoms with Crippen molar-refractivity contribution in [2.45, 2.75) is 11.1 Å². The summed E-state index contributed by atoms with van der Waals surface area (Å²) in [6.07, 6.45) is -4.53. The first-order chi connectivity index (χ1) is 15.4. The van der Waals surface area contributed by atoms with Gasteiger partial charge >= 0.3 is 6.18 Å². The van der Waals surface area contributed by atoms with Crippen LogP contribution in [0.5, 0.6) is 5.75 Å². The summed E-state index contributed by atoms with van der Waals surface area (Å²) < 4.78 is 70.9. The van der Waals surface area contributed by atoms with Gasteiger partial charge in [0.1, 0.15) is 5.75 Å². The lowest BCUT2D eigenvalue weighted by molar-refractivity contribution is -0.137. The molecule has 6 nitrogen and oxygen atoms in total. The van der Waals surface area contributed by atoms with Gasteiger partial charge in [0.15, 0.2) is 6.61 Å². The molecule has 0 saturated carbocycles. The molecule has 1 amide bonds. The van der Waals surface area contributed by atoms with Gasteiger partial charge in [-0.1, -0.05) is 29.3 Å². The zero-order valence-corrected chi connectivity index (χ0v) is 18.8. The smallest absolute Gasteiger partial charge is 0.416 e. The summed E-state index contributed by atoms with van der Waals surface area (Å²) >= 11 is 11.7. The summed E-state index contributed by atoms with van der Waals surface area (Å²) in [4.78, 5) is 11.9. The molecule has 0 saturated heterocycles. The first kappa shape index (κ1) is 24.7. The zero-order chi connectivity index (χ0) is 24.2. The molecule has 0 fully saturated rings. The van der Waals surface area contributed by atoms with Crippen molar-refractivity contribution >= 4 is 50.5 Å². The normalized spacial score (nSPS) is 11.7. The minimum Gasteiger partial charge on any atom is -0.484 e. The minimum atomic E-state index is -4.53. The largest absolute Gasteiger partial charge is 0.484 e. The Balaban J connectivity index is 1.59. The van der Waals surface area contributed by atoms with Gasteiger partial charge in [0.05, 0.1) is 16.1 Å². The van der Waals surface area contributed by atoms with E-state index in [2.05, 4.69) is 10.0 Å². The Morgan fingerprint density at radius 1 is 0.909 bits per heavy atom. The van der Waals surface area contributed by atoms with E-state index in [-0.39, 0.29) is 32.1 Å². The number of ether oxygens (including phenoxy) is 1. The van der Waals surface area contributed by atoms with E-state index in [1.54, 1.807) is 0 Å². The van der Waals surface area contributed by atoms with Crippen molar-refractivity contribution in [1.82, 2.24) is 0 Å². The third kappa shape index (κ3) is 7.01. The second-order valence-corrected chi connectivity index (χ2v) is 9.21. The molecule has 0 heterocycles. The molecule has 0 aliphatic rings. The molecule has 0 unspecified atom stereocenters. The van der Waals surface area contributed by atoms with E-state index in [0.717, 1.165) is 12.1 Å². The number of hydrogen-bond donors (Lipinski definition) is 2. The topological polar surface area (TPSA) is 84.5 Å². The number of benzene rings is 3. The molecule has 12 heteroatoms. The molecule has 33 heavy (non-hydrogen) atoms. The highest BCUT2D eigenvalue weighted by molar-refractivity contribution is 7.92. The summed E-state index contributed by atoms with van der Waals surface area (Å²) in [5.41, 5.74) is -0.752. The summed E-state index contributed by atoms with van der Waals surface area (Å²) in [5.74, 6) is -0.510. The average molecular weight is 519 g/mol. The number of nitrogens with one attached hydrogen (secondary N) is 2. The third-order valence-corrected chi connectivity index (χ3v) is 5.93. The van der Waals surface area contributed by atoms with Gasteiger partial charge in [0, 0.05) is 15.7 Å². The second-order valence-electron chi connectivity index (χ2n) is 6.65. The lowest BCUT2D eigenvalue weighted by atomic mass is 10.2. The number of halogens is 5. The molecule has 0 aliphatic heterocycles. The lowest BCUT2D eigenvalue weighted by Crippen LogP contribution is -2.20. The molecule has 174 valence electrons. The van der Waals surface area contributed by atoms with Crippen LogP contribution < -0.4 is 14.8 Å². The molecule has 2 N–H and O–H groups in total. The number of hydrogen-bond acceptors (Lipinski definition) is 4. The van der Waals surface area contributed by atoms with E-state index in [4.69, 9.17) is 27.9 Å². The van der Waals surface area contributed by atoms with Crippen molar-refractivity contribution in [2.75, 3.05) is 16.6 Å². The Morgan fingerprint density at radius 3 is 2.15 bits per heavy atom. The Morgan fingerprint density at radius 2 is 1.55 bits per heavy atom. The van der Waals surface area contributed by atoms with Crippen LogP contribution in [0.1, 0.15) is 5.56 Å². The van der Waals surface area contributed by atoms with Crippen LogP contribution in [-0.4, -0.2) is 20.9 Å². The maximum absolute atomic E-state index is 12.8. The van der Waals surface area contributed by atoms with Crippen LogP contribution in [0, 0.1) is 0 Å². The van der Waals surface area contributed by atoms with Crippen LogP contribution in [0.3, 0.4) is 0 Å². The summed E-state index contributed by atoms with van der Waals surface area (Å²) in [5, 5.41) is 2.82. The Hall–Kier alpha value is -2.95. The van der Waals surface area contributed by atoms with E-state index < -0.39 is 34.3 Å². The van der Waals surface area contributed by atoms with Gasteiger partial charge in [-0.15, -0.1) is 0 Å². The predicted molar refractivity (Wildman–Crippen MR) is 119 cm³/mol. The van der Waals surface area contributed by atoms with Gasteiger partial charge in [-0.2, -0.15) is 13.2 Å². The quantitative estimate of drug-likeness (QED) is 0.412. The van der Waals surface area contributed by atoms with E-state index in [1.165, 1.54) is 54.6 Å². The molecule has 3 rings (SSSR count). The number of carbonyl (C=O) groups excluding carboxylic acids is 1. The maximum atomic E-state index is 12.8. The Kier molecular flexibility index (Phi) is 7.41. The SMILES string of the molecule is O=C(COc1ccc(S(=O)(=O)Nc2cc(Cl)cc(Cl)c2)cc1)Nc1cccc(C(F)(F)F)c1. The van der Waals surface area contributed by atoms with Crippen molar-refractivity contribution in [2.24, 2.45) is 0 Å². The third-order valence-electron chi connectivity index (χ3n) is 4.09. The first-order valence-corrected chi connectivity index (χ1v) is 11.4. The molecule has 0 bridgehead atoms. The highest BCUT2D eigenvalue weighted by Crippen LogP contribution is 2.30. The predicted octanol–water partition coefficient (Wildman–Crippen LogP) is 5.83. The highest BCUT2D eigenvalue weighted by atomic mass is 35.5. The molecular weight excluding hydrogens is 504 g/mol. The summed E-state index contributed by atoms with van der Waals surface area (Å²) in [6, 6.07) is 13.6. The van der Waals surface area contributed by atoms with Crippen molar-refractivity contribution in [3.63, 3.8) is 0 Å². The molecule has 0 aromatic heterocycles. The van der Waals surface area contributed by atoms with Crippen molar-refractivity contribution < 1.29 is 31.1 Å². The molecule has 0 aliphatic carbocycles. The number of carbonyl (C=O) groups is 1. The molecular formula is C21H15Cl2F3N2O4S. The summed E-state index contributed by atoms with van der Waals surface area (Å²) in [7, 11) is -3.95. The monoisotopic (exact) mass is 518 g/mol. The molecule has 3 aromatic carbocycles. The van der Waals surface area contributed by atoms with Crippen molar-refractivity contribution in [1.29, 1.82) is 0 Å². The number of amides is 1. The van der Waals surface area contributed by atoms with Crippen molar-refractivity contribution in [3.8, 4) is 5.75 Å². The molecule has 0 radical (unpaired) electrons. The highest BCUT2D eigenvalue weighted by Gasteiger charge is 2.30. The number of anilines is 2. The van der Waals surface area contributed by atoms with Gasteiger partial charge in [0.2, 0.25) is 0 Å². The summed E-state index contributed by atoms with van der Waals surface area (Å²) in [6.45, 7) is -0.498. The molecule has 0 spiro atoms. The minimum absolute atomic E-state index is 0.0351. The van der Waals surface area contributed by atoms with E-state index in [9.17, 15) is 26.4 Å². The number of alkyl halides is 3. The van der Waals surface area contributed by atoms with Crippen molar-refractivity contribution in [3.05, 3.63) is 82.3 Å². The van der Waals surface area contributed by atoms with Gasteiger partial charge < -0.3 is 10.1 Å². The van der Waals surface area contributed by atoms with Crippen LogP contribution in [0.25, 0.3) is 0 Å². The van der Waals surface area contributed by atoms with Gasteiger partial charge in [0.25, 0.3) is 15.9 Å². The van der Waals surface area contributed by atoms with E-state index in [1.807, 2.05) is 0 Å². The fourth-order valence-corrected chi connectivity index (χ4v) is 4.23. The van der Waals surface area contributed by atoms with Crippen LogP contribution in [0.4, 0.5) is 24.5 Å². The van der Waals surface area contributed by atoms with E-state index in [0.29, 0.717) is 0 Å². The second kappa shape index (κ2) is 9.90. The Labute approximate surface area is 197 Å². The van der Waals surface area contributed by atoms with Crippen LogP contribution >= 0.6 is 23.2 Å². The Bertz CT molecular complexity index is 1250. The molecule has 3 aromatic rings. The maximum Gasteiger partial charge on any atom is 0.416 e. The van der Waals surface area contributed by atoms with Crippen LogP contribution in [0.2, 0.25) is 10.0 Å². The van der Waals surface area contributed by atoms with Crippen LogP contribution in [0.15, 0.2) is 71.6 Å². The number of rotatable bonds is 7. The van der Waals surface area contributed by atoms with Crippen LogP contribution in [-0.2, 0) is 21.0 Å². The van der Waals surface area contributed by atoms with Gasteiger partial charge in [-0.25, -0.2) is 8.42 Å². The fourth-order valence-electron chi connectivity index (χ4n) is 2.66. The zero-order valence-electron chi connectivity index (χ0n) is 16.5. The van der Waals surface area contributed by atoms with E-state index >= 15 is 0 Å². The fraction of sp³-hybridized carbons (Fsp3) is 0.0952. The first-order valence-electron chi connectivity index (χ1n) is 9.11. The average Bonchev–Trinajstić information content (AvgIpc) is 2.71.